The summed E-state index contributed by atoms with van der Waals surface area (Å²) in [4.78, 5) is 12.8. The van der Waals surface area contributed by atoms with Crippen molar-refractivity contribution in [2.24, 2.45) is 0 Å². The highest BCUT2D eigenvalue weighted by Gasteiger charge is 2.09. The molecule has 0 heterocycles. The number of hydrogen-bond donors (Lipinski definition) is 1. The van der Waals surface area contributed by atoms with Crippen LogP contribution in [0.2, 0.25) is 5.02 Å². The summed E-state index contributed by atoms with van der Waals surface area (Å²) in [6, 6.07) is 7.57. The van der Waals surface area contributed by atoms with Crippen LogP contribution in [0.3, 0.4) is 0 Å². The maximum absolute atomic E-state index is 11.8. The summed E-state index contributed by atoms with van der Waals surface area (Å²) < 4.78 is 0. The van der Waals surface area contributed by atoms with Crippen LogP contribution in [-0.2, 0) is 4.79 Å². The molecular weight excluding hydrogens is 302 g/mol. The molecule has 0 atom stereocenters. The van der Waals surface area contributed by atoms with Crippen molar-refractivity contribution in [3.8, 4) is 0 Å². The van der Waals surface area contributed by atoms with Crippen LogP contribution >= 0.6 is 23.4 Å². The lowest BCUT2D eigenvalue weighted by Crippen LogP contribution is -2.19. The van der Waals surface area contributed by atoms with Gasteiger partial charge in [0.2, 0.25) is 5.91 Å². The third-order valence-corrected chi connectivity index (χ3v) is 4.20. The van der Waals surface area contributed by atoms with Gasteiger partial charge in [0.25, 0.3) is 0 Å². The molecule has 0 radical (unpaired) electrons. The molecule has 1 aromatic carbocycles. The van der Waals surface area contributed by atoms with Gasteiger partial charge in [-0.25, -0.2) is 0 Å². The van der Waals surface area contributed by atoms with Gasteiger partial charge in [-0.1, -0.05) is 43.3 Å². The van der Waals surface area contributed by atoms with Crippen molar-refractivity contribution in [3.63, 3.8) is 0 Å². The fourth-order valence-corrected chi connectivity index (χ4v) is 2.71. The molecule has 21 heavy (non-hydrogen) atoms. The Hall–Kier alpha value is -1.45. The first kappa shape index (κ1) is 17.6. The highest BCUT2D eigenvalue weighted by molar-refractivity contribution is 8.03. The molecule has 0 bridgehead atoms. The number of amides is 1. The predicted octanol–water partition coefficient (Wildman–Crippen LogP) is 4.68. The van der Waals surface area contributed by atoms with E-state index < -0.39 is 0 Å². The second-order valence-electron chi connectivity index (χ2n) is 4.31. The van der Waals surface area contributed by atoms with E-state index >= 15 is 0 Å². The van der Waals surface area contributed by atoms with Gasteiger partial charge < -0.3 is 5.32 Å². The van der Waals surface area contributed by atoms with Crippen LogP contribution in [0, 0.1) is 0 Å². The number of allylic oxidation sites excluding steroid dienone is 3. The van der Waals surface area contributed by atoms with E-state index in [-0.39, 0.29) is 5.91 Å². The second kappa shape index (κ2) is 8.75. The maximum atomic E-state index is 11.8. The van der Waals surface area contributed by atoms with E-state index in [1.165, 1.54) is 0 Å². The van der Waals surface area contributed by atoms with E-state index in [0.29, 0.717) is 10.6 Å². The molecule has 0 aliphatic rings. The standard InChI is InChI=1S/C17H20ClNOS/c1-5-13(14-7-9-15(18)10-8-14)11-16(21-6-2)12(3)17(20)19-4/h5,7-11H,1,6H2,2-4H3,(H,19,20)/b13-11+,16-12-. The quantitative estimate of drug-likeness (QED) is 0.608. The van der Waals surface area contributed by atoms with Gasteiger partial charge in [0.15, 0.2) is 0 Å². The van der Waals surface area contributed by atoms with E-state index in [9.17, 15) is 4.79 Å². The normalized spacial score (nSPS) is 12.7. The van der Waals surface area contributed by atoms with Crippen molar-refractivity contribution >= 4 is 34.8 Å². The number of carbonyl (C=O) groups is 1. The Kier molecular flexibility index (Phi) is 7.34. The van der Waals surface area contributed by atoms with Gasteiger partial charge in [0, 0.05) is 22.5 Å². The summed E-state index contributed by atoms with van der Waals surface area (Å²) in [7, 11) is 1.64. The summed E-state index contributed by atoms with van der Waals surface area (Å²) in [5, 5.41) is 3.36. The van der Waals surface area contributed by atoms with Crippen molar-refractivity contribution < 1.29 is 4.79 Å². The van der Waals surface area contributed by atoms with Crippen molar-refractivity contribution in [1.29, 1.82) is 0 Å². The third-order valence-electron chi connectivity index (χ3n) is 2.92. The Balaban J connectivity index is 3.26. The minimum atomic E-state index is -0.0679. The van der Waals surface area contributed by atoms with Crippen molar-refractivity contribution in [3.05, 3.63) is 64.1 Å². The van der Waals surface area contributed by atoms with Gasteiger partial charge >= 0.3 is 0 Å². The van der Waals surface area contributed by atoms with Crippen LogP contribution in [0.5, 0.6) is 0 Å². The minimum Gasteiger partial charge on any atom is -0.355 e. The zero-order valence-corrected chi connectivity index (χ0v) is 14.1. The number of likely N-dealkylation sites (N-methyl/N-ethyl adjacent to an activating group) is 1. The fourth-order valence-electron chi connectivity index (χ4n) is 1.76. The Bertz CT molecular complexity index is 573. The summed E-state index contributed by atoms with van der Waals surface area (Å²) in [6.07, 6.45) is 3.78. The molecule has 112 valence electrons. The van der Waals surface area contributed by atoms with E-state index in [4.69, 9.17) is 11.6 Å². The lowest BCUT2D eigenvalue weighted by Gasteiger charge is -2.09. The number of halogens is 1. The highest BCUT2D eigenvalue weighted by Crippen LogP contribution is 2.27. The molecule has 4 heteroatoms. The molecule has 2 nitrogen and oxygen atoms in total. The molecule has 1 rings (SSSR count). The van der Waals surface area contributed by atoms with E-state index in [2.05, 4.69) is 18.8 Å². The van der Waals surface area contributed by atoms with Gasteiger partial charge in [0.05, 0.1) is 0 Å². The lowest BCUT2D eigenvalue weighted by molar-refractivity contribution is -0.117. The summed E-state index contributed by atoms with van der Waals surface area (Å²) >= 11 is 7.55. The molecule has 0 aliphatic carbocycles. The smallest absolute Gasteiger partial charge is 0.247 e. The molecule has 0 spiro atoms. The molecule has 1 aromatic rings. The van der Waals surface area contributed by atoms with E-state index in [1.807, 2.05) is 37.3 Å². The van der Waals surface area contributed by atoms with Crippen molar-refractivity contribution in [1.82, 2.24) is 5.32 Å². The molecule has 0 saturated heterocycles. The van der Waals surface area contributed by atoms with Crippen LogP contribution in [0.4, 0.5) is 0 Å². The first-order valence-corrected chi connectivity index (χ1v) is 8.05. The van der Waals surface area contributed by atoms with Crippen LogP contribution in [0.15, 0.2) is 53.5 Å². The van der Waals surface area contributed by atoms with E-state index in [1.54, 1.807) is 24.9 Å². The Labute approximate surface area is 136 Å². The first-order valence-electron chi connectivity index (χ1n) is 6.69. The number of nitrogens with one attached hydrogen (secondary N) is 1. The van der Waals surface area contributed by atoms with Gasteiger partial charge in [-0.05, 0) is 42.0 Å². The third kappa shape index (κ3) is 5.10. The number of benzene rings is 1. The number of hydrogen-bond acceptors (Lipinski definition) is 2. The first-order chi connectivity index (χ1) is 10.0. The molecule has 0 aliphatic heterocycles. The van der Waals surface area contributed by atoms with Gasteiger partial charge in [-0.2, -0.15) is 0 Å². The molecule has 0 fully saturated rings. The summed E-state index contributed by atoms with van der Waals surface area (Å²) in [6.45, 7) is 7.75. The Morgan fingerprint density at radius 1 is 1.38 bits per heavy atom. The van der Waals surface area contributed by atoms with Crippen LogP contribution < -0.4 is 5.32 Å². The maximum Gasteiger partial charge on any atom is 0.247 e. The Morgan fingerprint density at radius 3 is 2.48 bits per heavy atom. The molecule has 0 unspecified atom stereocenters. The van der Waals surface area contributed by atoms with Crippen molar-refractivity contribution in [2.45, 2.75) is 13.8 Å². The number of carbonyl (C=O) groups excluding carboxylic acids is 1. The van der Waals surface area contributed by atoms with Crippen LogP contribution in [0.25, 0.3) is 5.57 Å². The van der Waals surface area contributed by atoms with Crippen LogP contribution in [-0.4, -0.2) is 18.7 Å². The monoisotopic (exact) mass is 321 g/mol. The Morgan fingerprint density at radius 2 is 2.00 bits per heavy atom. The summed E-state index contributed by atoms with van der Waals surface area (Å²) in [5.41, 5.74) is 2.69. The van der Waals surface area contributed by atoms with Gasteiger partial charge in [0.1, 0.15) is 0 Å². The molecular formula is C17H20ClNOS. The zero-order valence-electron chi connectivity index (χ0n) is 12.6. The van der Waals surface area contributed by atoms with Gasteiger partial charge in [-0.3, -0.25) is 4.79 Å². The highest BCUT2D eigenvalue weighted by atomic mass is 35.5. The summed E-state index contributed by atoms with van der Waals surface area (Å²) in [5.74, 6) is 0.826. The molecule has 0 aromatic heterocycles. The predicted molar refractivity (Wildman–Crippen MR) is 94.5 cm³/mol. The molecule has 1 N–H and O–H groups in total. The molecule has 0 saturated carbocycles. The van der Waals surface area contributed by atoms with Crippen LogP contribution in [0.1, 0.15) is 19.4 Å². The average molecular weight is 322 g/mol. The SMILES string of the molecule is C=C/C(=C\C(SCC)=C(/C)C(=O)NC)c1ccc(Cl)cc1. The lowest BCUT2D eigenvalue weighted by atomic mass is 10.0. The topological polar surface area (TPSA) is 29.1 Å². The fraction of sp³-hybridized carbons (Fsp3) is 0.235. The average Bonchev–Trinajstić information content (AvgIpc) is 2.51. The van der Waals surface area contributed by atoms with Crippen molar-refractivity contribution in [2.75, 3.05) is 12.8 Å². The molecule has 1 amide bonds. The largest absolute Gasteiger partial charge is 0.355 e. The van der Waals surface area contributed by atoms with E-state index in [0.717, 1.165) is 21.8 Å². The zero-order chi connectivity index (χ0) is 15.8. The second-order valence-corrected chi connectivity index (χ2v) is 6.05. The van der Waals surface area contributed by atoms with Gasteiger partial charge in [-0.15, -0.1) is 11.8 Å². The minimum absolute atomic E-state index is 0.0679. The number of rotatable bonds is 6. The number of thioether (sulfide) groups is 1.